The molecule has 0 bridgehead atoms. The molecule has 1 aromatic rings. The van der Waals surface area contributed by atoms with E-state index >= 15 is 0 Å². The van der Waals surface area contributed by atoms with Gasteiger partial charge in [-0.3, -0.25) is 4.79 Å². The van der Waals surface area contributed by atoms with Gasteiger partial charge in [-0.25, -0.2) is 0 Å². The zero-order valence-electron chi connectivity index (χ0n) is 10.1. The molecule has 0 heterocycles. The van der Waals surface area contributed by atoms with E-state index in [1.54, 1.807) is 0 Å². The Morgan fingerprint density at radius 1 is 1.24 bits per heavy atom. The zero-order chi connectivity index (χ0) is 12.5. The van der Waals surface area contributed by atoms with Crippen LogP contribution in [-0.2, 0) is 11.2 Å². The van der Waals surface area contributed by atoms with Gasteiger partial charge in [0.25, 0.3) is 0 Å². The van der Waals surface area contributed by atoms with Crippen molar-refractivity contribution >= 4 is 27.5 Å². The van der Waals surface area contributed by atoms with Crippen molar-refractivity contribution in [1.82, 2.24) is 0 Å². The highest BCUT2D eigenvalue weighted by Gasteiger charge is 1.95. The van der Waals surface area contributed by atoms with Crippen LogP contribution in [0, 0.1) is 0 Å². The molecule has 1 N–H and O–H groups in total. The minimum absolute atomic E-state index is 0.0320. The molecular formula is C14H18BrNO. The Kier molecular flexibility index (Phi) is 6.63. The molecule has 92 valence electrons. The first kappa shape index (κ1) is 14.0. The predicted molar refractivity (Wildman–Crippen MR) is 76.6 cm³/mol. The molecule has 0 aliphatic heterocycles. The lowest BCUT2D eigenvalue weighted by atomic mass is 10.1. The normalized spacial score (nSPS) is 10.7. The van der Waals surface area contributed by atoms with Crippen molar-refractivity contribution in [2.75, 3.05) is 10.6 Å². The fourth-order valence-corrected chi connectivity index (χ4v) is 1.77. The highest BCUT2D eigenvalue weighted by Crippen LogP contribution is 2.11. The fraction of sp³-hybridized carbons (Fsp3) is 0.357. The van der Waals surface area contributed by atoms with Crippen molar-refractivity contribution in [1.29, 1.82) is 0 Å². The number of carbonyl (C=O) groups excluding carboxylic acids is 1. The van der Waals surface area contributed by atoms with Gasteiger partial charge in [-0.1, -0.05) is 40.2 Å². The molecule has 2 nitrogen and oxygen atoms in total. The van der Waals surface area contributed by atoms with Crippen LogP contribution < -0.4 is 5.32 Å². The van der Waals surface area contributed by atoms with Crippen LogP contribution in [-0.4, -0.2) is 11.2 Å². The van der Waals surface area contributed by atoms with Gasteiger partial charge in [0, 0.05) is 17.9 Å². The van der Waals surface area contributed by atoms with Crippen LogP contribution in [0.5, 0.6) is 0 Å². The molecule has 1 amide bonds. The number of halogens is 1. The number of amides is 1. The minimum atomic E-state index is -0.0320. The predicted octanol–water partition coefficient (Wildman–Crippen LogP) is 3.92. The van der Waals surface area contributed by atoms with Crippen LogP contribution in [0.25, 0.3) is 0 Å². The number of benzene rings is 1. The maximum Gasteiger partial charge on any atom is 0.221 e. The summed E-state index contributed by atoms with van der Waals surface area (Å²) in [4.78, 5) is 10.8. The quantitative estimate of drug-likeness (QED) is 0.625. The summed E-state index contributed by atoms with van der Waals surface area (Å²) < 4.78 is 0. The van der Waals surface area contributed by atoms with Crippen molar-refractivity contribution in [2.24, 2.45) is 0 Å². The number of anilines is 1. The number of allylic oxidation sites excluding steroid dienone is 2. The average molecular weight is 296 g/mol. The van der Waals surface area contributed by atoms with Gasteiger partial charge in [0.05, 0.1) is 0 Å². The number of nitrogens with one attached hydrogen (secondary N) is 1. The third-order valence-corrected chi connectivity index (χ3v) is 2.77. The Bertz CT molecular complexity index is 370. The minimum Gasteiger partial charge on any atom is -0.326 e. The lowest BCUT2D eigenvalue weighted by Crippen LogP contribution is -2.05. The highest BCUT2D eigenvalue weighted by molar-refractivity contribution is 9.09. The van der Waals surface area contributed by atoms with Gasteiger partial charge in [0.2, 0.25) is 5.91 Å². The molecule has 1 aromatic carbocycles. The van der Waals surface area contributed by atoms with Crippen LogP contribution in [0.2, 0.25) is 0 Å². The summed E-state index contributed by atoms with van der Waals surface area (Å²) in [7, 11) is 0. The van der Waals surface area contributed by atoms with Crippen LogP contribution in [0.3, 0.4) is 0 Å². The summed E-state index contributed by atoms with van der Waals surface area (Å²) in [6.07, 6.45) is 7.59. The van der Waals surface area contributed by atoms with E-state index in [9.17, 15) is 4.79 Å². The van der Waals surface area contributed by atoms with Gasteiger partial charge in [-0.05, 0) is 37.0 Å². The van der Waals surface area contributed by atoms with Crippen LogP contribution in [0.15, 0.2) is 36.4 Å². The third-order valence-electron chi connectivity index (χ3n) is 2.32. The van der Waals surface area contributed by atoms with Crippen molar-refractivity contribution < 1.29 is 4.79 Å². The summed E-state index contributed by atoms with van der Waals surface area (Å²) in [5, 5.41) is 3.78. The second-order valence-electron chi connectivity index (χ2n) is 3.87. The van der Waals surface area contributed by atoms with Crippen LogP contribution in [0.4, 0.5) is 5.69 Å². The maximum atomic E-state index is 10.8. The van der Waals surface area contributed by atoms with E-state index in [4.69, 9.17) is 0 Å². The Balaban J connectivity index is 2.37. The van der Waals surface area contributed by atoms with E-state index in [0.717, 1.165) is 30.3 Å². The van der Waals surface area contributed by atoms with Gasteiger partial charge < -0.3 is 5.32 Å². The summed E-state index contributed by atoms with van der Waals surface area (Å²) >= 11 is 3.39. The molecule has 0 saturated carbocycles. The summed E-state index contributed by atoms with van der Waals surface area (Å²) in [6.45, 7) is 1.52. The van der Waals surface area contributed by atoms with E-state index in [0.29, 0.717) is 0 Å². The average Bonchev–Trinajstić information content (AvgIpc) is 2.30. The molecule has 0 saturated heterocycles. The monoisotopic (exact) mass is 295 g/mol. The smallest absolute Gasteiger partial charge is 0.221 e. The number of aryl methyl sites for hydroxylation is 1. The van der Waals surface area contributed by atoms with E-state index in [1.165, 1.54) is 12.5 Å². The molecule has 0 atom stereocenters. The zero-order valence-corrected chi connectivity index (χ0v) is 11.7. The Labute approximate surface area is 111 Å². The van der Waals surface area contributed by atoms with E-state index in [1.807, 2.05) is 12.1 Å². The third kappa shape index (κ3) is 6.27. The van der Waals surface area contributed by atoms with E-state index < -0.39 is 0 Å². The lowest BCUT2D eigenvalue weighted by Gasteiger charge is -2.03. The van der Waals surface area contributed by atoms with Gasteiger partial charge in [0.15, 0.2) is 0 Å². The molecule has 3 heteroatoms. The number of alkyl halides is 1. The second kappa shape index (κ2) is 8.07. The van der Waals surface area contributed by atoms with Crippen molar-refractivity contribution in [2.45, 2.75) is 26.2 Å². The molecule has 0 aliphatic carbocycles. The van der Waals surface area contributed by atoms with Crippen molar-refractivity contribution in [3.8, 4) is 0 Å². The van der Waals surface area contributed by atoms with Crippen LogP contribution in [0.1, 0.15) is 25.3 Å². The molecular weight excluding hydrogens is 278 g/mol. The SMILES string of the molecule is CC(=O)Nc1ccc(CCC=CCCBr)cc1. The molecule has 0 radical (unpaired) electrons. The molecule has 0 unspecified atom stereocenters. The maximum absolute atomic E-state index is 10.8. The molecule has 1 rings (SSSR count). The van der Waals surface area contributed by atoms with Crippen molar-refractivity contribution in [3.63, 3.8) is 0 Å². The van der Waals surface area contributed by atoms with Gasteiger partial charge >= 0.3 is 0 Å². The number of hydrogen-bond acceptors (Lipinski definition) is 1. The number of rotatable bonds is 6. The lowest BCUT2D eigenvalue weighted by molar-refractivity contribution is -0.114. The summed E-state index contributed by atoms with van der Waals surface area (Å²) in [5.74, 6) is -0.0320. The van der Waals surface area contributed by atoms with Crippen molar-refractivity contribution in [3.05, 3.63) is 42.0 Å². The molecule has 17 heavy (non-hydrogen) atoms. The summed E-state index contributed by atoms with van der Waals surface area (Å²) in [6, 6.07) is 8.01. The summed E-state index contributed by atoms with van der Waals surface area (Å²) in [5.41, 5.74) is 2.15. The number of hydrogen-bond donors (Lipinski definition) is 1. The first-order chi connectivity index (χ1) is 8.22. The van der Waals surface area contributed by atoms with Gasteiger partial charge in [0.1, 0.15) is 0 Å². The molecule has 0 spiro atoms. The topological polar surface area (TPSA) is 29.1 Å². The largest absolute Gasteiger partial charge is 0.326 e. The van der Waals surface area contributed by atoms with Crippen LogP contribution >= 0.6 is 15.9 Å². The number of carbonyl (C=O) groups is 1. The highest BCUT2D eigenvalue weighted by atomic mass is 79.9. The van der Waals surface area contributed by atoms with Gasteiger partial charge in [-0.15, -0.1) is 0 Å². The molecule has 0 aromatic heterocycles. The second-order valence-corrected chi connectivity index (χ2v) is 4.66. The standard InChI is InChI=1S/C14H18BrNO/c1-12(17)16-14-9-7-13(8-10-14)6-4-2-3-5-11-15/h2-3,7-10H,4-6,11H2,1H3,(H,16,17). The van der Waals surface area contributed by atoms with E-state index in [2.05, 4.69) is 45.5 Å². The molecule has 0 fully saturated rings. The fourth-order valence-electron chi connectivity index (χ4n) is 1.51. The van der Waals surface area contributed by atoms with Gasteiger partial charge in [-0.2, -0.15) is 0 Å². The first-order valence-electron chi connectivity index (χ1n) is 5.80. The molecule has 0 aliphatic rings. The van der Waals surface area contributed by atoms with E-state index in [-0.39, 0.29) is 5.91 Å². The Morgan fingerprint density at radius 2 is 1.88 bits per heavy atom. The Hall–Kier alpha value is -1.09. The Morgan fingerprint density at radius 3 is 2.47 bits per heavy atom. The first-order valence-corrected chi connectivity index (χ1v) is 6.92.